The van der Waals surface area contributed by atoms with Gasteiger partial charge in [-0.15, -0.1) is 0 Å². The first kappa shape index (κ1) is 23.4. The zero-order chi connectivity index (χ0) is 24.3. The summed E-state index contributed by atoms with van der Waals surface area (Å²) in [5, 5.41) is 37.4. The highest BCUT2D eigenvalue weighted by atomic mass is 19.3. The lowest BCUT2D eigenvalue weighted by Crippen LogP contribution is -2.54. The van der Waals surface area contributed by atoms with Crippen LogP contribution in [0.3, 0.4) is 0 Å². The van der Waals surface area contributed by atoms with Gasteiger partial charge in [-0.2, -0.15) is 10.5 Å². The van der Waals surface area contributed by atoms with Crippen molar-refractivity contribution in [2.45, 2.75) is 25.8 Å². The van der Waals surface area contributed by atoms with Crippen LogP contribution in [0.4, 0.5) is 19.3 Å². The van der Waals surface area contributed by atoms with Gasteiger partial charge in [0.15, 0.2) is 0 Å². The van der Waals surface area contributed by atoms with E-state index in [0.29, 0.717) is 16.7 Å². The van der Waals surface area contributed by atoms with Gasteiger partial charge in [-0.05, 0) is 48.7 Å². The Labute approximate surface area is 188 Å². The van der Waals surface area contributed by atoms with Crippen molar-refractivity contribution in [3.05, 3.63) is 76.0 Å². The molecule has 33 heavy (non-hydrogen) atoms. The van der Waals surface area contributed by atoms with Crippen molar-refractivity contribution in [2.24, 2.45) is 5.73 Å². The van der Waals surface area contributed by atoms with Crippen LogP contribution >= 0.6 is 0 Å². The standard InChI is InChI=1S/C23H20F2N6O2/c1-13-19(12-27)20(18-6-5-14(11-26)9-15(18)7-8-32)31(23(29)33)22(28)30(13)17-4-2-3-16(10-17)21(24)25/h2-6,9-10,20-21,28,32H,7-8H2,1H3,(H2,29,33). The molecule has 2 aromatic carbocycles. The number of anilines is 1. The zero-order valence-corrected chi connectivity index (χ0v) is 17.6. The number of urea groups is 1. The van der Waals surface area contributed by atoms with Gasteiger partial charge >= 0.3 is 6.03 Å². The maximum atomic E-state index is 13.3. The van der Waals surface area contributed by atoms with Crippen molar-refractivity contribution in [3.63, 3.8) is 0 Å². The van der Waals surface area contributed by atoms with Crippen LogP contribution in [0.25, 0.3) is 0 Å². The number of primary amides is 1. The molecule has 1 heterocycles. The number of hydrogen-bond acceptors (Lipinski definition) is 5. The number of nitrogens with zero attached hydrogens (tertiary/aromatic N) is 4. The fourth-order valence-corrected chi connectivity index (χ4v) is 3.90. The third-order valence-corrected chi connectivity index (χ3v) is 5.38. The normalized spacial score (nSPS) is 16.1. The van der Waals surface area contributed by atoms with Crippen molar-refractivity contribution < 1.29 is 18.7 Å². The summed E-state index contributed by atoms with van der Waals surface area (Å²) in [6.45, 7) is 1.29. The summed E-state index contributed by atoms with van der Waals surface area (Å²) in [4.78, 5) is 14.6. The van der Waals surface area contributed by atoms with Gasteiger partial charge in [0.2, 0.25) is 5.96 Å². The molecule has 10 heteroatoms. The first-order valence-electron chi connectivity index (χ1n) is 9.85. The van der Waals surface area contributed by atoms with Gasteiger partial charge in [0.25, 0.3) is 6.43 Å². The van der Waals surface area contributed by atoms with E-state index < -0.39 is 24.5 Å². The van der Waals surface area contributed by atoms with Crippen LogP contribution in [0.5, 0.6) is 0 Å². The van der Waals surface area contributed by atoms with Crippen molar-refractivity contribution >= 4 is 17.7 Å². The van der Waals surface area contributed by atoms with E-state index in [-0.39, 0.29) is 35.5 Å². The Morgan fingerprint density at radius 2 is 1.97 bits per heavy atom. The molecule has 0 aromatic heterocycles. The number of guanidine groups is 1. The Morgan fingerprint density at radius 3 is 2.55 bits per heavy atom. The summed E-state index contributed by atoms with van der Waals surface area (Å²) in [5.41, 5.74) is 7.08. The van der Waals surface area contributed by atoms with Crippen molar-refractivity contribution in [1.82, 2.24) is 4.90 Å². The largest absolute Gasteiger partial charge is 0.396 e. The van der Waals surface area contributed by atoms with Gasteiger partial charge in [0.05, 0.1) is 23.3 Å². The van der Waals surface area contributed by atoms with E-state index >= 15 is 0 Å². The predicted molar refractivity (Wildman–Crippen MR) is 116 cm³/mol. The number of halogens is 2. The van der Waals surface area contributed by atoms with Gasteiger partial charge in [-0.25, -0.2) is 13.6 Å². The Hall–Kier alpha value is -4.28. The number of aliphatic hydroxyl groups is 1. The van der Waals surface area contributed by atoms with E-state index in [1.165, 1.54) is 41.3 Å². The average Bonchev–Trinajstić information content (AvgIpc) is 2.79. The first-order chi connectivity index (χ1) is 15.7. The van der Waals surface area contributed by atoms with E-state index in [9.17, 15) is 29.2 Å². The zero-order valence-electron chi connectivity index (χ0n) is 17.6. The number of benzene rings is 2. The summed E-state index contributed by atoms with van der Waals surface area (Å²) in [6, 6.07) is 11.8. The van der Waals surface area contributed by atoms with Gasteiger partial charge < -0.3 is 10.8 Å². The fourth-order valence-electron chi connectivity index (χ4n) is 3.90. The first-order valence-corrected chi connectivity index (χ1v) is 9.85. The maximum Gasteiger partial charge on any atom is 0.322 e. The molecule has 0 spiro atoms. The molecular formula is C23H20F2N6O2. The van der Waals surface area contributed by atoms with E-state index in [2.05, 4.69) is 6.07 Å². The topological polar surface area (TPSA) is 141 Å². The molecule has 2 amide bonds. The molecule has 1 atom stereocenters. The van der Waals surface area contributed by atoms with E-state index in [4.69, 9.17) is 11.1 Å². The molecule has 1 aliphatic rings. The SMILES string of the molecule is CC1=C(C#N)C(c2ccc(C#N)cc2CCO)N(C(N)=O)C(=N)N1c1cccc(C(F)F)c1. The molecule has 8 nitrogen and oxygen atoms in total. The molecule has 0 saturated heterocycles. The molecule has 0 saturated carbocycles. The predicted octanol–water partition coefficient (Wildman–Crippen LogP) is 3.71. The minimum Gasteiger partial charge on any atom is -0.396 e. The number of allylic oxidation sites excluding steroid dienone is 1. The second-order valence-corrected chi connectivity index (χ2v) is 7.28. The van der Waals surface area contributed by atoms with Gasteiger partial charge in [0.1, 0.15) is 6.04 Å². The fraction of sp³-hybridized carbons (Fsp3) is 0.217. The van der Waals surface area contributed by atoms with Gasteiger partial charge in [-0.1, -0.05) is 18.2 Å². The smallest absolute Gasteiger partial charge is 0.322 e. The maximum absolute atomic E-state index is 13.3. The van der Waals surface area contributed by atoms with Crippen molar-refractivity contribution in [3.8, 4) is 12.1 Å². The lowest BCUT2D eigenvalue weighted by molar-refractivity contribution is 0.151. The highest BCUT2D eigenvalue weighted by Gasteiger charge is 2.41. The van der Waals surface area contributed by atoms with Crippen LogP contribution in [0.2, 0.25) is 0 Å². The number of carbonyl (C=O) groups excluding carboxylic acids is 1. The number of alkyl halides is 2. The van der Waals surface area contributed by atoms with Crippen molar-refractivity contribution in [1.29, 1.82) is 15.9 Å². The molecular weight excluding hydrogens is 430 g/mol. The second-order valence-electron chi connectivity index (χ2n) is 7.28. The summed E-state index contributed by atoms with van der Waals surface area (Å²) >= 11 is 0. The van der Waals surface area contributed by atoms with Crippen LogP contribution in [0, 0.1) is 28.1 Å². The summed E-state index contributed by atoms with van der Waals surface area (Å²) in [5.74, 6) is -0.422. The summed E-state index contributed by atoms with van der Waals surface area (Å²) in [6.07, 6.45) is -2.61. The number of nitrogens with two attached hydrogens (primary N) is 1. The molecule has 0 aliphatic carbocycles. The Balaban J connectivity index is 2.27. The molecule has 4 N–H and O–H groups in total. The molecule has 0 bridgehead atoms. The number of carbonyl (C=O) groups is 1. The average molecular weight is 450 g/mol. The van der Waals surface area contributed by atoms with Gasteiger partial charge in [-0.3, -0.25) is 15.2 Å². The monoisotopic (exact) mass is 450 g/mol. The van der Waals surface area contributed by atoms with Crippen LogP contribution < -0.4 is 10.6 Å². The van der Waals surface area contributed by atoms with Crippen LogP contribution in [-0.4, -0.2) is 28.6 Å². The highest BCUT2D eigenvalue weighted by molar-refractivity contribution is 6.07. The van der Waals surface area contributed by atoms with Crippen LogP contribution in [0.15, 0.2) is 53.7 Å². The Bertz CT molecular complexity index is 1230. The third-order valence-electron chi connectivity index (χ3n) is 5.38. The Morgan fingerprint density at radius 1 is 1.24 bits per heavy atom. The minimum atomic E-state index is -2.75. The van der Waals surface area contributed by atoms with Crippen LogP contribution in [-0.2, 0) is 6.42 Å². The number of nitriles is 2. The van der Waals surface area contributed by atoms with Gasteiger partial charge in [0, 0.05) is 23.6 Å². The highest BCUT2D eigenvalue weighted by Crippen LogP contribution is 2.40. The summed E-state index contributed by atoms with van der Waals surface area (Å²) in [7, 11) is 0. The molecule has 3 rings (SSSR count). The molecule has 0 fully saturated rings. The molecule has 2 aromatic rings. The summed E-state index contributed by atoms with van der Waals surface area (Å²) < 4.78 is 26.5. The number of rotatable bonds is 5. The van der Waals surface area contributed by atoms with E-state index in [1.54, 1.807) is 13.0 Å². The van der Waals surface area contributed by atoms with E-state index in [1.807, 2.05) is 6.07 Å². The number of amides is 2. The quantitative estimate of drug-likeness (QED) is 0.637. The Kier molecular flexibility index (Phi) is 6.71. The second kappa shape index (κ2) is 9.47. The van der Waals surface area contributed by atoms with E-state index in [0.717, 1.165) is 4.90 Å². The van der Waals surface area contributed by atoms with Crippen LogP contribution in [0.1, 0.15) is 41.6 Å². The number of hydrogen-bond donors (Lipinski definition) is 3. The minimum absolute atomic E-state index is 0.0659. The molecule has 1 unspecified atom stereocenters. The molecule has 168 valence electrons. The lowest BCUT2D eigenvalue weighted by Gasteiger charge is -2.42. The molecule has 0 radical (unpaired) electrons. The third kappa shape index (κ3) is 4.25. The number of nitrogens with one attached hydrogen (secondary N) is 1. The van der Waals surface area contributed by atoms with Crippen molar-refractivity contribution in [2.75, 3.05) is 11.5 Å². The molecule has 1 aliphatic heterocycles. The lowest BCUT2D eigenvalue weighted by atomic mass is 9.88. The number of aliphatic hydroxyl groups excluding tert-OH is 1.